The zero-order chi connectivity index (χ0) is 15.2. The van der Waals surface area contributed by atoms with Gasteiger partial charge in [0.05, 0.1) is 0 Å². The normalized spacial score (nSPS) is 13.7. The van der Waals surface area contributed by atoms with Crippen LogP contribution in [-0.4, -0.2) is 34.8 Å². The Labute approximate surface area is 114 Å². The van der Waals surface area contributed by atoms with Gasteiger partial charge in [-0.15, -0.1) is 0 Å². The van der Waals surface area contributed by atoms with Crippen molar-refractivity contribution in [3.63, 3.8) is 0 Å². The average Bonchev–Trinajstić information content (AvgIpc) is 2.19. The first-order valence-electron chi connectivity index (χ1n) is 5.93. The molecule has 0 heterocycles. The number of ether oxygens (including phenoxy) is 1. The molecule has 0 aliphatic carbocycles. The minimum absolute atomic E-state index is 0.177. The molecule has 2 atom stereocenters. The first-order valence-corrected chi connectivity index (χ1v) is 7.33. The topological polar surface area (TPSA) is 105 Å². The maximum atomic E-state index is 11.8. The van der Waals surface area contributed by atoms with Crippen LogP contribution < -0.4 is 10.6 Å². The Morgan fingerprint density at radius 3 is 2.21 bits per heavy atom. The van der Waals surface area contributed by atoms with Crippen molar-refractivity contribution in [2.45, 2.75) is 46.3 Å². The van der Waals surface area contributed by atoms with Crippen LogP contribution in [0.2, 0.25) is 0 Å². The van der Waals surface area contributed by atoms with Gasteiger partial charge in [0, 0.05) is 0 Å². The zero-order valence-electron chi connectivity index (χ0n) is 11.9. The number of nitrogens with one attached hydrogen (secondary N) is 2. The molecule has 0 spiro atoms. The molecule has 0 aromatic carbocycles. The van der Waals surface area contributed by atoms with Crippen LogP contribution in [0, 0.1) is 5.92 Å². The van der Waals surface area contributed by atoms with Gasteiger partial charge in [0.25, 0.3) is 0 Å². The zero-order valence-corrected chi connectivity index (χ0v) is 12.8. The molecular formula is C11H22N2O5P+. The standard InChI is InChI=1S/C11H21N2O5P/c1-7(2)8(9(14)12-6-19(16)17)13-10(15)18-11(3,4)5/h7-8H,6H2,1-5H3,(H2-,12,13,14,15,16,17)/p+1/t8-/m0/s1. The Balaban J connectivity index is 4.53. The molecule has 0 aromatic heterocycles. The Kier molecular flexibility index (Phi) is 6.94. The van der Waals surface area contributed by atoms with Gasteiger partial charge in [-0.2, -0.15) is 4.89 Å². The molecule has 110 valence electrons. The first-order chi connectivity index (χ1) is 8.53. The maximum absolute atomic E-state index is 11.8. The third kappa shape index (κ3) is 8.51. The second-order valence-corrected chi connectivity index (χ2v) is 6.44. The monoisotopic (exact) mass is 293 g/mol. The molecule has 0 radical (unpaired) electrons. The van der Waals surface area contributed by atoms with Gasteiger partial charge in [0.15, 0.2) is 0 Å². The van der Waals surface area contributed by atoms with Crippen LogP contribution in [0.25, 0.3) is 0 Å². The molecule has 0 aliphatic heterocycles. The van der Waals surface area contributed by atoms with Gasteiger partial charge in [0.2, 0.25) is 12.2 Å². The number of carbonyl (C=O) groups excluding carboxylic acids is 2. The van der Waals surface area contributed by atoms with Gasteiger partial charge in [-0.25, -0.2) is 4.79 Å². The number of amides is 2. The fraction of sp³-hybridized carbons (Fsp3) is 0.818. The molecule has 7 nitrogen and oxygen atoms in total. The Morgan fingerprint density at radius 2 is 1.84 bits per heavy atom. The molecule has 1 unspecified atom stereocenters. The van der Waals surface area contributed by atoms with Crippen molar-refractivity contribution in [2.75, 3.05) is 6.29 Å². The van der Waals surface area contributed by atoms with Crippen molar-refractivity contribution in [1.82, 2.24) is 10.6 Å². The van der Waals surface area contributed by atoms with E-state index < -0.39 is 31.7 Å². The summed E-state index contributed by atoms with van der Waals surface area (Å²) in [4.78, 5) is 32.0. The van der Waals surface area contributed by atoms with Crippen LogP contribution >= 0.6 is 8.03 Å². The summed E-state index contributed by atoms with van der Waals surface area (Å²) in [5.74, 6) is -0.692. The minimum atomic E-state index is -2.45. The van der Waals surface area contributed by atoms with E-state index in [4.69, 9.17) is 9.63 Å². The van der Waals surface area contributed by atoms with Gasteiger partial charge in [-0.05, 0) is 31.3 Å². The van der Waals surface area contributed by atoms with Crippen molar-refractivity contribution in [3.8, 4) is 0 Å². The number of alkyl carbamates (subject to hydrolysis) is 1. The molecular weight excluding hydrogens is 271 g/mol. The van der Waals surface area contributed by atoms with Crippen molar-refractivity contribution in [3.05, 3.63) is 0 Å². The number of carbonyl (C=O) groups is 2. The lowest BCUT2D eigenvalue weighted by molar-refractivity contribution is -0.123. The third-order valence-electron chi connectivity index (χ3n) is 2.01. The highest BCUT2D eigenvalue weighted by molar-refractivity contribution is 7.37. The second-order valence-electron chi connectivity index (χ2n) is 5.42. The smallest absolute Gasteiger partial charge is 0.444 e. The van der Waals surface area contributed by atoms with Crippen LogP contribution in [0.15, 0.2) is 0 Å². The molecule has 0 saturated carbocycles. The highest BCUT2D eigenvalue weighted by atomic mass is 31.1. The molecule has 2 amide bonds. The van der Waals surface area contributed by atoms with Gasteiger partial charge < -0.3 is 15.4 Å². The fourth-order valence-corrected chi connectivity index (χ4v) is 1.52. The highest BCUT2D eigenvalue weighted by Gasteiger charge is 2.28. The summed E-state index contributed by atoms with van der Waals surface area (Å²) >= 11 is 0. The van der Waals surface area contributed by atoms with Crippen LogP contribution in [-0.2, 0) is 14.1 Å². The second kappa shape index (κ2) is 7.40. The largest absolute Gasteiger partial charge is 0.527 e. The van der Waals surface area contributed by atoms with Crippen molar-refractivity contribution in [1.29, 1.82) is 0 Å². The Bertz CT molecular complexity index is 351. The SMILES string of the molecule is CC(C)[C@H](NC(=O)OC(C)(C)C)C(=O)NC[P+](=O)O. The van der Waals surface area contributed by atoms with E-state index in [2.05, 4.69) is 10.6 Å². The van der Waals surface area contributed by atoms with Gasteiger partial charge in [-0.1, -0.05) is 13.8 Å². The van der Waals surface area contributed by atoms with E-state index in [0.29, 0.717) is 0 Å². The molecule has 0 fully saturated rings. The number of hydrogen-bond acceptors (Lipinski definition) is 4. The summed E-state index contributed by atoms with van der Waals surface area (Å²) < 4.78 is 15.6. The van der Waals surface area contributed by atoms with Gasteiger partial charge in [-0.3, -0.25) is 4.79 Å². The van der Waals surface area contributed by atoms with Gasteiger partial charge in [0.1, 0.15) is 11.6 Å². The van der Waals surface area contributed by atoms with E-state index in [-0.39, 0.29) is 12.2 Å². The van der Waals surface area contributed by atoms with E-state index in [9.17, 15) is 14.2 Å². The minimum Gasteiger partial charge on any atom is -0.444 e. The van der Waals surface area contributed by atoms with Gasteiger partial charge >= 0.3 is 14.1 Å². The Hall–Kier alpha value is -1.20. The molecule has 0 bridgehead atoms. The predicted octanol–water partition coefficient (Wildman–Crippen LogP) is 1.34. The van der Waals surface area contributed by atoms with E-state index >= 15 is 0 Å². The number of hydrogen-bond donors (Lipinski definition) is 3. The van der Waals surface area contributed by atoms with E-state index in [1.807, 2.05) is 0 Å². The molecule has 0 aromatic rings. The summed E-state index contributed by atoms with van der Waals surface area (Å²) in [5.41, 5.74) is -0.656. The van der Waals surface area contributed by atoms with Crippen LogP contribution in [0.4, 0.5) is 4.79 Å². The van der Waals surface area contributed by atoms with Crippen LogP contribution in [0.5, 0.6) is 0 Å². The lowest BCUT2D eigenvalue weighted by atomic mass is 10.0. The summed E-state index contributed by atoms with van der Waals surface area (Å²) in [6, 6.07) is -0.815. The summed E-state index contributed by atoms with van der Waals surface area (Å²) in [6.45, 7) is 8.65. The van der Waals surface area contributed by atoms with Crippen LogP contribution in [0.1, 0.15) is 34.6 Å². The highest BCUT2D eigenvalue weighted by Crippen LogP contribution is 2.11. The van der Waals surface area contributed by atoms with Crippen molar-refractivity contribution in [2.24, 2.45) is 5.92 Å². The summed E-state index contributed by atoms with van der Waals surface area (Å²) in [6.07, 6.45) is -1.04. The quantitative estimate of drug-likeness (QED) is 0.663. The lowest BCUT2D eigenvalue weighted by Crippen LogP contribution is -2.50. The third-order valence-corrected chi connectivity index (χ3v) is 2.44. The van der Waals surface area contributed by atoms with Crippen molar-refractivity contribution < 1.29 is 23.8 Å². The van der Waals surface area contributed by atoms with E-state index in [1.165, 1.54) is 0 Å². The molecule has 3 N–H and O–H groups in total. The van der Waals surface area contributed by atoms with Crippen LogP contribution in [0.3, 0.4) is 0 Å². The molecule has 19 heavy (non-hydrogen) atoms. The molecule has 0 rings (SSSR count). The predicted molar refractivity (Wildman–Crippen MR) is 70.8 cm³/mol. The summed E-state index contributed by atoms with van der Waals surface area (Å²) in [5, 5.41) is 4.74. The summed E-state index contributed by atoms with van der Waals surface area (Å²) in [7, 11) is -2.45. The first kappa shape index (κ1) is 17.8. The number of rotatable bonds is 5. The molecule has 0 saturated heterocycles. The van der Waals surface area contributed by atoms with E-state index in [0.717, 1.165) is 0 Å². The molecule has 8 heteroatoms. The Morgan fingerprint density at radius 1 is 1.32 bits per heavy atom. The average molecular weight is 293 g/mol. The molecule has 0 aliphatic rings. The lowest BCUT2D eigenvalue weighted by Gasteiger charge is -2.24. The van der Waals surface area contributed by atoms with Crippen molar-refractivity contribution >= 4 is 20.0 Å². The maximum Gasteiger partial charge on any atom is 0.527 e. The van der Waals surface area contributed by atoms with E-state index in [1.54, 1.807) is 34.6 Å². The fourth-order valence-electron chi connectivity index (χ4n) is 1.22.